The predicted octanol–water partition coefficient (Wildman–Crippen LogP) is 2.65. The van der Waals surface area contributed by atoms with Gasteiger partial charge in [0.1, 0.15) is 12.6 Å². The standard InChI is InChI=1S/C19H21N3O3/c1-2-13-25-19(24)20-17(14-15-9-5-3-6-10-15)18(23)22-21-16-11-7-4-8-12-16/h2-12,17,21H,1,13-14H2,(H,20,24)(H,22,23)/t17-/m1/s1. The third kappa shape index (κ3) is 6.39. The topological polar surface area (TPSA) is 79.5 Å². The second-order valence-electron chi connectivity index (χ2n) is 5.25. The quantitative estimate of drug-likeness (QED) is 0.510. The summed E-state index contributed by atoms with van der Waals surface area (Å²) in [6.45, 7) is 3.56. The zero-order valence-corrected chi connectivity index (χ0v) is 13.8. The van der Waals surface area contributed by atoms with Gasteiger partial charge in [-0.15, -0.1) is 0 Å². The minimum Gasteiger partial charge on any atom is -0.445 e. The Kier molecular flexibility index (Phi) is 7.06. The summed E-state index contributed by atoms with van der Waals surface area (Å²) in [7, 11) is 0. The van der Waals surface area contributed by atoms with E-state index in [9.17, 15) is 9.59 Å². The van der Waals surface area contributed by atoms with Crippen molar-refractivity contribution < 1.29 is 14.3 Å². The largest absolute Gasteiger partial charge is 0.445 e. The zero-order chi connectivity index (χ0) is 17.9. The first-order valence-electron chi connectivity index (χ1n) is 7.88. The van der Waals surface area contributed by atoms with Crippen LogP contribution in [-0.4, -0.2) is 24.6 Å². The Morgan fingerprint density at radius 3 is 2.32 bits per heavy atom. The van der Waals surface area contributed by atoms with Gasteiger partial charge in [-0.1, -0.05) is 61.2 Å². The van der Waals surface area contributed by atoms with Crippen LogP contribution >= 0.6 is 0 Å². The minimum absolute atomic E-state index is 0.0772. The van der Waals surface area contributed by atoms with Gasteiger partial charge in [-0.2, -0.15) is 0 Å². The lowest BCUT2D eigenvalue weighted by Gasteiger charge is -2.19. The third-order valence-corrected chi connectivity index (χ3v) is 3.33. The molecule has 0 fully saturated rings. The normalized spacial score (nSPS) is 11.0. The molecule has 0 aromatic heterocycles. The Morgan fingerprint density at radius 1 is 1.04 bits per heavy atom. The van der Waals surface area contributed by atoms with Gasteiger partial charge in [0.25, 0.3) is 5.91 Å². The molecule has 2 aromatic carbocycles. The van der Waals surface area contributed by atoms with E-state index in [0.29, 0.717) is 6.42 Å². The Hall–Kier alpha value is -3.28. The lowest BCUT2D eigenvalue weighted by atomic mass is 10.1. The Bertz CT molecular complexity index is 690. The van der Waals surface area contributed by atoms with Crippen molar-refractivity contribution in [2.75, 3.05) is 12.0 Å². The molecular weight excluding hydrogens is 318 g/mol. The third-order valence-electron chi connectivity index (χ3n) is 3.33. The number of carbonyl (C=O) groups is 2. The van der Waals surface area contributed by atoms with E-state index in [1.807, 2.05) is 60.7 Å². The number of hydrogen-bond acceptors (Lipinski definition) is 4. The molecule has 6 heteroatoms. The van der Waals surface area contributed by atoms with Gasteiger partial charge in [0, 0.05) is 6.42 Å². The summed E-state index contributed by atoms with van der Waals surface area (Å²) in [5.74, 6) is -0.372. The lowest BCUT2D eigenvalue weighted by molar-refractivity contribution is -0.122. The molecule has 25 heavy (non-hydrogen) atoms. The fraction of sp³-hybridized carbons (Fsp3) is 0.158. The van der Waals surface area contributed by atoms with E-state index < -0.39 is 12.1 Å². The van der Waals surface area contributed by atoms with Gasteiger partial charge >= 0.3 is 6.09 Å². The summed E-state index contributed by atoms with van der Waals surface area (Å²) in [4.78, 5) is 24.3. The molecule has 0 aliphatic rings. The first-order valence-corrected chi connectivity index (χ1v) is 7.88. The first kappa shape index (κ1) is 18.1. The number of ether oxygens (including phenoxy) is 1. The average Bonchev–Trinajstić information content (AvgIpc) is 2.65. The van der Waals surface area contributed by atoms with E-state index in [-0.39, 0.29) is 12.5 Å². The molecule has 2 rings (SSSR count). The van der Waals surface area contributed by atoms with E-state index in [2.05, 4.69) is 22.7 Å². The van der Waals surface area contributed by atoms with Crippen molar-refractivity contribution in [1.82, 2.24) is 10.7 Å². The molecule has 0 saturated heterocycles. The Balaban J connectivity index is 1.99. The number of alkyl carbamates (subject to hydrolysis) is 1. The van der Waals surface area contributed by atoms with Gasteiger partial charge in [-0.25, -0.2) is 4.79 Å². The summed E-state index contributed by atoms with van der Waals surface area (Å²) in [6, 6.07) is 17.9. The highest BCUT2D eigenvalue weighted by Gasteiger charge is 2.21. The highest BCUT2D eigenvalue weighted by atomic mass is 16.5. The molecule has 0 saturated carbocycles. The van der Waals surface area contributed by atoms with Gasteiger partial charge in [0.15, 0.2) is 0 Å². The van der Waals surface area contributed by atoms with Crippen LogP contribution in [0.3, 0.4) is 0 Å². The highest BCUT2D eigenvalue weighted by molar-refractivity contribution is 5.86. The molecular formula is C19H21N3O3. The maximum Gasteiger partial charge on any atom is 0.408 e. The molecule has 1 atom stereocenters. The second-order valence-corrected chi connectivity index (χ2v) is 5.25. The van der Waals surface area contributed by atoms with Crippen molar-refractivity contribution >= 4 is 17.7 Å². The van der Waals surface area contributed by atoms with E-state index in [4.69, 9.17) is 4.74 Å². The van der Waals surface area contributed by atoms with Crippen LogP contribution in [-0.2, 0) is 16.0 Å². The van der Waals surface area contributed by atoms with Crippen molar-refractivity contribution in [3.63, 3.8) is 0 Å². The summed E-state index contributed by atoms with van der Waals surface area (Å²) >= 11 is 0. The molecule has 6 nitrogen and oxygen atoms in total. The van der Waals surface area contributed by atoms with Gasteiger partial charge in [0.05, 0.1) is 5.69 Å². The number of benzene rings is 2. The fourth-order valence-electron chi connectivity index (χ4n) is 2.12. The number of para-hydroxylation sites is 1. The van der Waals surface area contributed by atoms with Gasteiger partial charge in [0.2, 0.25) is 0 Å². The molecule has 0 radical (unpaired) electrons. The fourth-order valence-corrected chi connectivity index (χ4v) is 2.12. The van der Waals surface area contributed by atoms with E-state index in [0.717, 1.165) is 11.3 Å². The lowest BCUT2D eigenvalue weighted by Crippen LogP contribution is -2.49. The van der Waals surface area contributed by atoms with Crippen molar-refractivity contribution in [2.24, 2.45) is 0 Å². The van der Waals surface area contributed by atoms with Crippen LogP contribution in [0.1, 0.15) is 5.56 Å². The number of amides is 2. The average molecular weight is 339 g/mol. The zero-order valence-electron chi connectivity index (χ0n) is 13.8. The maximum atomic E-state index is 12.5. The molecule has 0 spiro atoms. The molecule has 0 aliphatic heterocycles. The maximum absolute atomic E-state index is 12.5. The van der Waals surface area contributed by atoms with Crippen LogP contribution in [0.2, 0.25) is 0 Å². The molecule has 2 aromatic rings. The molecule has 3 N–H and O–H groups in total. The van der Waals surface area contributed by atoms with E-state index in [1.165, 1.54) is 6.08 Å². The van der Waals surface area contributed by atoms with Crippen molar-refractivity contribution in [1.29, 1.82) is 0 Å². The molecule has 0 unspecified atom stereocenters. The van der Waals surface area contributed by atoms with Gasteiger partial charge in [-0.3, -0.25) is 15.6 Å². The SMILES string of the molecule is C=CCOC(=O)N[C@H](Cc1ccccc1)C(=O)NNc1ccccc1. The van der Waals surface area contributed by atoms with Crippen LogP contribution < -0.4 is 16.2 Å². The molecule has 2 amide bonds. The van der Waals surface area contributed by atoms with Crippen LogP contribution in [0.15, 0.2) is 73.3 Å². The Morgan fingerprint density at radius 2 is 1.68 bits per heavy atom. The summed E-state index contributed by atoms with van der Waals surface area (Å²) < 4.78 is 4.90. The van der Waals surface area contributed by atoms with Crippen molar-refractivity contribution in [3.8, 4) is 0 Å². The van der Waals surface area contributed by atoms with Crippen LogP contribution in [0.5, 0.6) is 0 Å². The van der Waals surface area contributed by atoms with E-state index >= 15 is 0 Å². The second kappa shape index (κ2) is 9.77. The van der Waals surface area contributed by atoms with Crippen LogP contribution in [0, 0.1) is 0 Å². The number of hydrogen-bond donors (Lipinski definition) is 3. The first-order chi connectivity index (χ1) is 12.2. The number of carbonyl (C=O) groups excluding carboxylic acids is 2. The summed E-state index contributed by atoms with van der Waals surface area (Å²) in [5, 5.41) is 2.58. The number of hydrazine groups is 1. The van der Waals surface area contributed by atoms with Crippen molar-refractivity contribution in [2.45, 2.75) is 12.5 Å². The summed E-state index contributed by atoms with van der Waals surface area (Å²) in [6.07, 6.45) is 1.13. The number of nitrogens with one attached hydrogen (secondary N) is 3. The highest BCUT2D eigenvalue weighted by Crippen LogP contribution is 2.06. The number of rotatable bonds is 8. The molecule has 0 heterocycles. The van der Waals surface area contributed by atoms with Crippen LogP contribution in [0.4, 0.5) is 10.5 Å². The molecule has 0 bridgehead atoms. The Labute approximate surface area is 146 Å². The smallest absolute Gasteiger partial charge is 0.408 e. The van der Waals surface area contributed by atoms with E-state index in [1.54, 1.807) is 0 Å². The van der Waals surface area contributed by atoms with Gasteiger partial charge < -0.3 is 10.1 Å². The number of anilines is 1. The van der Waals surface area contributed by atoms with Crippen molar-refractivity contribution in [3.05, 3.63) is 78.9 Å². The summed E-state index contributed by atoms with van der Waals surface area (Å²) in [5.41, 5.74) is 7.08. The van der Waals surface area contributed by atoms with Gasteiger partial charge in [-0.05, 0) is 17.7 Å². The monoisotopic (exact) mass is 339 g/mol. The molecule has 0 aliphatic carbocycles. The molecule has 130 valence electrons. The minimum atomic E-state index is -0.782. The van der Waals surface area contributed by atoms with Crippen LogP contribution in [0.25, 0.3) is 0 Å². The predicted molar refractivity (Wildman–Crippen MR) is 96.8 cm³/mol.